The van der Waals surface area contributed by atoms with Crippen LogP contribution in [0.1, 0.15) is 27.2 Å². The largest absolute Gasteiger partial charge is 0.394 e. The number of carbonyl (C=O) groups is 2. The van der Waals surface area contributed by atoms with E-state index < -0.39 is 186 Å². The molecule has 1 unspecified atom stereocenters. The van der Waals surface area contributed by atoms with E-state index in [2.05, 4.69) is 10.6 Å². The van der Waals surface area contributed by atoms with E-state index in [0.29, 0.717) is 0 Å². The molecule has 0 aliphatic carbocycles. The van der Waals surface area contributed by atoms with Crippen LogP contribution in [0.25, 0.3) is 0 Å². The van der Waals surface area contributed by atoms with Crippen LogP contribution >= 0.6 is 0 Å². The quantitative estimate of drug-likeness (QED) is 0.0770. The predicted molar refractivity (Wildman–Crippen MR) is 187 cm³/mol. The molecule has 0 aromatic rings. The molecule has 0 spiro atoms. The highest BCUT2D eigenvalue weighted by molar-refractivity contribution is 5.73. The molecule has 348 valence electrons. The Labute approximate surface area is 342 Å². The van der Waals surface area contributed by atoms with Crippen LogP contribution in [-0.2, 0) is 52.2 Å². The summed E-state index contributed by atoms with van der Waals surface area (Å²) in [5.41, 5.74) is 0. The summed E-state index contributed by atoms with van der Waals surface area (Å²) in [6.07, 6.45) is -37.4. The Balaban J connectivity index is 1.41. The fourth-order valence-corrected chi connectivity index (χ4v) is 7.71. The number of carbonyl (C=O) groups excluding carboxylic acids is 2. The third kappa shape index (κ3) is 10.7. The van der Waals surface area contributed by atoms with Crippen LogP contribution in [-0.4, -0.2) is 252 Å². The maximum absolute atomic E-state index is 12.6. The first-order chi connectivity index (χ1) is 28.3. The van der Waals surface area contributed by atoms with Crippen LogP contribution in [0, 0.1) is 0 Å². The van der Waals surface area contributed by atoms with Gasteiger partial charge < -0.3 is 120 Å². The van der Waals surface area contributed by atoms with Crippen molar-refractivity contribution in [1.29, 1.82) is 0 Å². The lowest BCUT2D eigenvalue weighted by molar-refractivity contribution is -0.380. The maximum atomic E-state index is 12.6. The summed E-state index contributed by atoms with van der Waals surface area (Å²) in [4.78, 5) is 24.6. The minimum Gasteiger partial charge on any atom is -0.394 e. The van der Waals surface area contributed by atoms with E-state index in [1.807, 2.05) is 0 Å². The number of aliphatic hydroxyl groups excluding tert-OH is 13. The molecule has 24 atom stereocenters. The molecule has 60 heavy (non-hydrogen) atoms. The normalized spacial score (nSPS) is 48.9. The Bertz CT molecular complexity index is 1390. The fraction of sp³-hybridized carbons (Fsp3) is 0.941. The predicted octanol–water partition coefficient (Wildman–Crippen LogP) is -9.58. The van der Waals surface area contributed by atoms with Crippen LogP contribution in [0.15, 0.2) is 0 Å². The van der Waals surface area contributed by atoms with E-state index in [-0.39, 0.29) is 6.42 Å². The van der Waals surface area contributed by atoms with Gasteiger partial charge in [-0.25, -0.2) is 0 Å². The molecule has 2 amide bonds. The second-order valence-corrected chi connectivity index (χ2v) is 15.3. The topological polar surface area (TPSA) is 404 Å². The Morgan fingerprint density at radius 1 is 0.483 bits per heavy atom. The van der Waals surface area contributed by atoms with Gasteiger partial charge >= 0.3 is 0 Å². The van der Waals surface area contributed by atoms with Crippen molar-refractivity contribution in [3.8, 4) is 0 Å². The van der Waals surface area contributed by atoms with E-state index in [1.54, 1.807) is 0 Å². The lowest BCUT2D eigenvalue weighted by atomic mass is 9.94. The van der Waals surface area contributed by atoms with Crippen molar-refractivity contribution >= 4 is 11.8 Å². The van der Waals surface area contributed by atoms with Gasteiger partial charge in [-0.15, -0.1) is 0 Å². The number of rotatable bonds is 14. The molecule has 0 aromatic heterocycles. The number of nitrogens with one attached hydrogen (secondary N) is 2. The molecule has 26 nitrogen and oxygen atoms in total. The van der Waals surface area contributed by atoms with Crippen LogP contribution in [0.4, 0.5) is 0 Å². The highest BCUT2D eigenvalue weighted by Crippen LogP contribution is 2.35. The Hall–Kier alpha value is -1.94. The van der Waals surface area contributed by atoms with E-state index in [1.165, 1.54) is 6.92 Å². The summed E-state index contributed by atoms with van der Waals surface area (Å²) in [5, 5.41) is 144. The first-order valence-corrected chi connectivity index (χ1v) is 19.3. The summed E-state index contributed by atoms with van der Waals surface area (Å²) >= 11 is 0. The van der Waals surface area contributed by atoms with Gasteiger partial charge in [0.25, 0.3) is 0 Å². The number of hydrogen-bond donors (Lipinski definition) is 15. The first-order valence-electron chi connectivity index (χ1n) is 19.3. The Morgan fingerprint density at radius 3 is 1.30 bits per heavy atom. The SMILES string of the molecule is CC(=O)N[C@H]1[C@H](O[C@H]2[C@@H](O)[C@@H](CO)O[C@H](O[C@H]3[C@@H](O)[C@@H](CO)OC(O)[C@@H]3NC(C)=O)[C@@H]2O)O[C@H](CO)[C@@H](O)[C@@H]1O[C@@H]1O[C@H](CO)[C@H](O)[C@H](O[C@@H]2O[C@@H](C)[C@@H](O)C[C@@H]2O)[C@H]1O. The van der Waals surface area contributed by atoms with E-state index in [4.69, 9.17) is 42.6 Å². The van der Waals surface area contributed by atoms with Crippen molar-refractivity contribution in [2.24, 2.45) is 0 Å². The van der Waals surface area contributed by atoms with Crippen molar-refractivity contribution in [3.63, 3.8) is 0 Å². The van der Waals surface area contributed by atoms with Crippen LogP contribution in [0.5, 0.6) is 0 Å². The second kappa shape index (κ2) is 21.2. The number of ether oxygens (including phenoxy) is 9. The molecular formula is C34H58N2O24. The molecule has 5 saturated heterocycles. The van der Waals surface area contributed by atoms with Crippen molar-refractivity contribution in [1.82, 2.24) is 10.6 Å². The van der Waals surface area contributed by atoms with Crippen LogP contribution in [0.2, 0.25) is 0 Å². The molecule has 0 bridgehead atoms. The van der Waals surface area contributed by atoms with Crippen molar-refractivity contribution in [2.45, 2.75) is 174 Å². The molecule has 0 radical (unpaired) electrons. The third-order valence-corrected chi connectivity index (χ3v) is 11.0. The molecule has 26 heteroatoms. The van der Waals surface area contributed by atoms with Gasteiger partial charge in [0.2, 0.25) is 11.8 Å². The fourth-order valence-electron chi connectivity index (χ4n) is 7.71. The summed E-state index contributed by atoms with van der Waals surface area (Å²) in [6.45, 7) is 0.0276. The average molecular weight is 879 g/mol. The van der Waals surface area contributed by atoms with Gasteiger partial charge in [0.15, 0.2) is 31.5 Å². The zero-order valence-corrected chi connectivity index (χ0v) is 32.7. The Kier molecular flexibility index (Phi) is 17.3. The molecule has 15 N–H and O–H groups in total. The summed E-state index contributed by atoms with van der Waals surface area (Å²) < 4.78 is 51.2. The van der Waals surface area contributed by atoms with E-state index in [0.717, 1.165) is 13.8 Å². The van der Waals surface area contributed by atoms with Crippen LogP contribution < -0.4 is 10.6 Å². The highest BCUT2D eigenvalue weighted by Gasteiger charge is 2.57. The molecule has 5 rings (SSSR count). The van der Waals surface area contributed by atoms with Gasteiger partial charge in [-0.2, -0.15) is 0 Å². The second-order valence-electron chi connectivity index (χ2n) is 15.3. The van der Waals surface area contributed by atoms with Gasteiger partial charge in [0.1, 0.15) is 104 Å². The van der Waals surface area contributed by atoms with Crippen molar-refractivity contribution < 1.29 is 119 Å². The highest BCUT2D eigenvalue weighted by atomic mass is 16.8. The number of aliphatic hydroxyl groups is 13. The average Bonchev–Trinajstić information content (AvgIpc) is 3.19. The number of hydrogen-bond acceptors (Lipinski definition) is 24. The Morgan fingerprint density at radius 2 is 0.850 bits per heavy atom. The minimum absolute atomic E-state index is 0.188. The van der Waals surface area contributed by atoms with E-state index in [9.17, 15) is 76.0 Å². The zero-order chi connectivity index (χ0) is 44.3. The minimum atomic E-state index is -2.10. The molecule has 5 aliphatic rings. The standard InChI is InChI=1S/C34H58N2O24/c1-9-12(43)4-13(44)31(52-9)59-28-22(47)16(7-39)56-34(24(28)49)58-27-19(36-11(3)42)32(54-15(6-38)21(27)46)60-29-23(48)17(8-40)55-33(25(29)50)57-26-18(35-10(2)41)30(51)53-14(5-37)20(26)45/h9,12-34,37-40,43-51H,4-8H2,1-3H3,(H,35,41)(H,36,42)/t9-,12-,13-,14+,15+,16+,17+,18+,19+,20-,21+,22-,23-,24+,25+,26+,27+,28-,29-,30?,31-,32-,33+,34-/m0/s1. The summed E-state index contributed by atoms with van der Waals surface area (Å²) in [7, 11) is 0. The lowest BCUT2D eigenvalue weighted by Crippen LogP contribution is -2.70. The van der Waals surface area contributed by atoms with Crippen molar-refractivity contribution in [2.75, 3.05) is 26.4 Å². The van der Waals surface area contributed by atoms with Gasteiger partial charge in [-0.3, -0.25) is 9.59 Å². The summed E-state index contributed by atoms with van der Waals surface area (Å²) in [5.74, 6) is -1.51. The first kappa shape index (κ1) is 49.1. The molecule has 5 heterocycles. The third-order valence-electron chi connectivity index (χ3n) is 11.0. The van der Waals surface area contributed by atoms with E-state index >= 15 is 0 Å². The molecular weight excluding hydrogens is 820 g/mol. The molecule has 0 aromatic carbocycles. The smallest absolute Gasteiger partial charge is 0.217 e. The van der Waals surface area contributed by atoms with Gasteiger partial charge in [-0.05, 0) is 6.92 Å². The summed E-state index contributed by atoms with van der Waals surface area (Å²) in [6, 6.07) is -3.20. The molecule has 5 aliphatic heterocycles. The van der Waals surface area contributed by atoms with Crippen molar-refractivity contribution in [3.05, 3.63) is 0 Å². The maximum Gasteiger partial charge on any atom is 0.217 e. The van der Waals surface area contributed by atoms with Gasteiger partial charge in [0.05, 0.1) is 38.6 Å². The zero-order valence-electron chi connectivity index (χ0n) is 32.7. The van der Waals surface area contributed by atoms with Crippen LogP contribution in [0.3, 0.4) is 0 Å². The number of amides is 2. The lowest BCUT2D eigenvalue weighted by Gasteiger charge is -2.50. The van der Waals surface area contributed by atoms with Gasteiger partial charge in [-0.1, -0.05) is 0 Å². The monoisotopic (exact) mass is 878 g/mol. The molecule has 0 saturated carbocycles. The molecule has 5 fully saturated rings. The van der Waals surface area contributed by atoms with Gasteiger partial charge in [0, 0.05) is 20.3 Å².